The van der Waals surface area contributed by atoms with Gasteiger partial charge in [0, 0.05) is 26.7 Å². The number of morpholine rings is 1. The van der Waals surface area contributed by atoms with Crippen LogP contribution in [0.25, 0.3) is 0 Å². The van der Waals surface area contributed by atoms with E-state index in [0.717, 1.165) is 26.1 Å². The first-order valence-electron chi connectivity index (χ1n) is 6.15. The monoisotopic (exact) mass is 244 g/mol. The third-order valence-electron chi connectivity index (χ3n) is 2.50. The van der Waals surface area contributed by atoms with Crippen LogP contribution in [-0.2, 0) is 9.47 Å². The van der Waals surface area contributed by atoms with E-state index in [2.05, 4.69) is 5.32 Å². The van der Waals surface area contributed by atoms with Crippen molar-refractivity contribution < 1.29 is 14.3 Å². The molecule has 5 heteroatoms. The van der Waals surface area contributed by atoms with Gasteiger partial charge in [0.05, 0.1) is 12.7 Å². The molecule has 0 aromatic heterocycles. The molecule has 1 rings (SSSR count). The van der Waals surface area contributed by atoms with E-state index in [1.54, 1.807) is 11.9 Å². The Kier molecular flexibility index (Phi) is 5.21. The zero-order chi connectivity index (χ0) is 12.9. The summed E-state index contributed by atoms with van der Waals surface area (Å²) in [6.45, 7) is 8.79. The van der Waals surface area contributed by atoms with Crippen LogP contribution in [0.5, 0.6) is 0 Å². The van der Waals surface area contributed by atoms with Gasteiger partial charge < -0.3 is 19.7 Å². The van der Waals surface area contributed by atoms with Crippen molar-refractivity contribution in [2.24, 2.45) is 0 Å². The first-order chi connectivity index (χ1) is 7.88. The van der Waals surface area contributed by atoms with Crippen LogP contribution in [-0.4, -0.2) is 56.0 Å². The minimum atomic E-state index is -0.436. The number of amides is 1. The third kappa shape index (κ3) is 5.89. The Hall–Kier alpha value is -0.810. The van der Waals surface area contributed by atoms with Gasteiger partial charge in [0.1, 0.15) is 5.60 Å². The number of carbonyl (C=O) groups is 1. The summed E-state index contributed by atoms with van der Waals surface area (Å²) in [5.41, 5.74) is -0.436. The van der Waals surface area contributed by atoms with Crippen LogP contribution in [0.2, 0.25) is 0 Å². The van der Waals surface area contributed by atoms with Crippen molar-refractivity contribution in [1.82, 2.24) is 10.2 Å². The summed E-state index contributed by atoms with van der Waals surface area (Å²) < 4.78 is 10.8. The van der Waals surface area contributed by atoms with Gasteiger partial charge in [-0.2, -0.15) is 0 Å². The molecule has 1 aliphatic heterocycles. The highest BCUT2D eigenvalue weighted by atomic mass is 16.6. The van der Waals surface area contributed by atoms with E-state index < -0.39 is 5.60 Å². The van der Waals surface area contributed by atoms with Gasteiger partial charge in [0.2, 0.25) is 0 Å². The lowest BCUT2D eigenvalue weighted by Gasteiger charge is -2.27. The number of nitrogens with zero attached hydrogens (tertiary/aromatic N) is 1. The first-order valence-corrected chi connectivity index (χ1v) is 6.15. The van der Waals surface area contributed by atoms with Crippen molar-refractivity contribution in [2.45, 2.75) is 38.9 Å². The molecule has 0 saturated carbocycles. The SMILES string of the molecule is CN(CCC1CNCCO1)C(=O)OC(C)(C)C. The molecule has 0 radical (unpaired) electrons. The van der Waals surface area contributed by atoms with Crippen molar-refractivity contribution in [2.75, 3.05) is 33.3 Å². The Morgan fingerprint density at radius 1 is 1.53 bits per heavy atom. The second-order valence-electron chi connectivity index (χ2n) is 5.39. The van der Waals surface area contributed by atoms with E-state index >= 15 is 0 Å². The van der Waals surface area contributed by atoms with Crippen molar-refractivity contribution >= 4 is 6.09 Å². The van der Waals surface area contributed by atoms with E-state index in [-0.39, 0.29) is 12.2 Å². The van der Waals surface area contributed by atoms with Crippen LogP contribution in [0.3, 0.4) is 0 Å². The van der Waals surface area contributed by atoms with Crippen LogP contribution >= 0.6 is 0 Å². The minimum Gasteiger partial charge on any atom is -0.444 e. The second kappa shape index (κ2) is 6.21. The van der Waals surface area contributed by atoms with Crippen molar-refractivity contribution in [3.63, 3.8) is 0 Å². The summed E-state index contributed by atoms with van der Waals surface area (Å²) in [6, 6.07) is 0. The van der Waals surface area contributed by atoms with Gasteiger partial charge in [-0.1, -0.05) is 0 Å². The molecular formula is C12H24N2O3. The lowest BCUT2D eigenvalue weighted by molar-refractivity contribution is 0.00897. The fourth-order valence-corrected chi connectivity index (χ4v) is 1.57. The second-order valence-corrected chi connectivity index (χ2v) is 5.39. The zero-order valence-corrected chi connectivity index (χ0v) is 11.3. The molecule has 1 saturated heterocycles. The quantitative estimate of drug-likeness (QED) is 0.811. The number of nitrogens with one attached hydrogen (secondary N) is 1. The highest BCUT2D eigenvalue weighted by molar-refractivity contribution is 5.67. The van der Waals surface area contributed by atoms with Crippen LogP contribution in [0.4, 0.5) is 4.79 Å². The lowest BCUT2D eigenvalue weighted by Crippen LogP contribution is -2.41. The summed E-state index contributed by atoms with van der Waals surface area (Å²) in [5.74, 6) is 0. The molecule has 1 heterocycles. The van der Waals surface area contributed by atoms with Gasteiger partial charge in [0.15, 0.2) is 0 Å². The summed E-state index contributed by atoms with van der Waals surface area (Å²) >= 11 is 0. The molecule has 100 valence electrons. The minimum absolute atomic E-state index is 0.202. The Morgan fingerprint density at radius 2 is 2.24 bits per heavy atom. The topological polar surface area (TPSA) is 50.8 Å². The molecular weight excluding hydrogens is 220 g/mol. The summed E-state index contributed by atoms with van der Waals surface area (Å²) in [5, 5.41) is 3.27. The van der Waals surface area contributed by atoms with Gasteiger partial charge in [-0.3, -0.25) is 0 Å². The number of hydrogen-bond donors (Lipinski definition) is 1. The number of ether oxygens (including phenoxy) is 2. The van der Waals surface area contributed by atoms with E-state index in [1.165, 1.54) is 0 Å². The normalized spacial score (nSPS) is 21.1. The molecule has 0 aliphatic carbocycles. The molecule has 0 aromatic rings. The standard InChI is InChI=1S/C12H24N2O3/c1-12(2,3)17-11(15)14(4)7-5-10-9-13-6-8-16-10/h10,13H,5-9H2,1-4H3. The molecule has 17 heavy (non-hydrogen) atoms. The predicted octanol–water partition coefficient (Wildman–Crippen LogP) is 1.23. The molecule has 1 unspecified atom stereocenters. The van der Waals surface area contributed by atoms with E-state index in [4.69, 9.17) is 9.47 Å². The highest BCUT2D eigenvalue weighted by Gasteiger charge is 2.21. The number of hydrogen-bond acceptors (Lipinski definition) is 4. The Bertz CT molecular complexity index is 245. The van der Waals surface area contributed by atoms with Crippen molar-refractivity contribution in [1.29, 1.82) is 0 Å². The van der Waals surface area contributed by atoms with Gasteiger partial charge in [-0.05, 0) is 27.2 Å². The summed E-state index contributed by atoms with van der Waals surface area (Å²) in [4.78, 5) is 13.3. The largest absolute Gasteiger partial charge is 0.444 e. The predicted molar refractivity (Wildman–Crippen MR) is 66.1 cm³/mol. The first kappa shape index (κ1) is 14.3. The fourth-order valence-electron chi connectivity index (χ4n) is 1.57. The molecule has 1 fully saturated rings. The zero-order valence-electron chi connectivity index (χ0n) is 11.3. The van der Waals surface area contributed by atoms with Gasteiger partial charge in [-0.25, -0.2) is 4.79 Å². The number of rotatable bonds is 3. The maximum absolute atomic E-state index is 11.7. The smallest absolute Gasteiger partial charge is 0.410 e. The number of carbonyl (C=O) groups excluding carboxylic acids is 1. The molecule has 5 nitrogen and oxygen atoms in total. The Balaban J connectivity index is 2.23. The summed E-state index contributed by atoms with van der Waals surface area (Å²) in [7, 11) is 1.75. The molecule has 0 aromatic carbocycles. The van der Waals surface area contributed by atoms with Gasteiger partial charge >= 0.3 is 6.09 Å². The molecule has 1 N–H and O–H groups in total. The van der Waals surface area contributed by atoms with Gasteiger partial charge in [0.25, 0.3) is 0 Å². The van der Waals surface area contributed by atoms with Gasteiger partial charge in [-0.15, -0.1) is 0 Å². The average molecular weight is 244 g/mol. The molecule has 1 atom stereocenters. The maximum atomic E-state index is 11.7. The van der Waals surface area contributed by atoms with E-state index in [9.17, 15) is 4.79 Å². The van der Waals surface area contributed by atoms with Crippen LogP contribution in [0.1, 0.15) is 27.2 Å². The van der Waals surface area contributed by atoms with E-state index in [0.29, 0.717) is 6.54 Å². The summed E-state index contributed by atoms with van der Waals surface area (Å²) in [6.07, 6.45) is 0.762. The third-order valence-corrected chi connectivity index (χ3v) is 2.50. The molecule has 1 amide bonds. The highest BCUT2D eigenvalue weighted by Crippen LogP contribution is 2.10. The van der Waals surface area contributed by atoms with Crippen LogP contribution < -0.4 is 5.32 Å². The molecule has 0 spiro atoms. The Morgan fingerprint density at radius 3 is 2.76 bits per heavy atom. The van der Waals surface area contributed by atoms with Crippen LogP contribution in [0.15, 0.2) is 0 Å². The maximum Gasteiger partial charge on any atom is 0.410 e. The Labute approximate surface area is 103 Å². The van der Waals surface area contributed by atoms with Crippen LogP contribution in [0, 0.1) is 0 Å². The molecule has 0 bridgehead atoms. The lowest BCUT2D eigenvalue weighted by atomic mass is 10.2. The van der Waals surface area contributed by atoms with Crippen molar-refractivity contribution in [3.8, 4) is 0 Å². The fraction of sp³-hybridized carbons (Fsp3) is 0.917. The van der Waals surface area contributed by atoms with Crippen molar-refractivity contribution in [3.05, 3.63) is 0 Å². The average Bonchev–Trinajstić information content (AvgIpc) is 2.25. The molecule has 1 aliphatic rings. The van der Waals surface area contributed by atoms with E-state index in [1.807, 2.05) is 20.8 Å².